The molecule has 0 spiro atoms. The van der Waals surface area contributed by atoms with Crippen molar-refractivity contribution in [3.05, 3.63) is 54.2 Å². The summed E-state index contributed by atoms with van der Waals surface area (Å²) in [5.41, 5.74) is 3.51. The second kappa shape index (κ2) is 8.94. The van der Waals surface area contributed by atoms with Crippen molar-refractivity contribution in [1.82, 2.24) is 20.0 Å². The second-order valence-corrected chi connectivity index (χ2v) is 9.20. The first-order valence-electron chi connectivity index (χ1n) is 11.8. The Hall–Kier alpha value is -2.86. The van der Waals surface area contributed by atoms with Gasteiger partial charge in [0.25, 0.3) is 0 Å². The minimum absolute atomic E-state index is 0.294. The highest BCUT2D eigenvalue weighted by molar-refractivity contribution is 5.86. The predicted molar refractivity (Wildman–Crippen MR) is 127 cm³/mol. The average molecular weight is 433 g/mol. The van der Waals surface area contributed by atoms with Crippen molar-refractivity contribution in [2.45, 2.75) is 38.1 Å². The molecule has 32 heavy (non-hydrogen) atoms. The van der Waals surface area contributed by atoms with Crippen LogP contribution in [0.1, 0.15) is 37.8 Å². The number of aromatic nitrogens is 2. The summed E-state index contributed by atoms with van der Waals surface area (Å²) in [6.07, 6.45) is 2.89. The number of carbonyl (C=O) groups excluding carboxylic acids is 1. The largest absolute Gasteiger partial charge is 0.448 e. The highest BCUT2D eigenvalue weighted by Crippen LogP contribution is 2.42. The van der Waals surface area contributed by atoms with Gasteiger partial charge >= 0.3 is 6.09 Å². The SMILES string of the molecule is CCCNC(=O)OC[C@H]1C[C@H]2CCN1C[C@@H]2c1cc(-c2ccc3ccccc3c2)nn1C. The number of amides is 1. The van der Waals surface area contributed by atoms with Gasteiger partial charge in [0.15, 0.2) is 0 Å². The number of piperidine rings is 3. The Bertz CT molecular complexity index is 1110. The second-order valence-electron chi connectivity index (χ2n) is 9.20. The molecule has 2 bridgehead atoms. The topological polar surface area (TPSA) is 59.4 Å². The summed E-state index contributed by atoms with van der Waals surface area (Å²) in [6, 6.07) is 17.6. The van der Waals surface area contributed by atoms with Gasteiger partial charge in [-0.05, 0) is 54.6 Å². The third kappa shape index (κ3) is 4.11. The lowest BCUT2D eigenvalue weighted by molar-refractivity contribution is -0.00414. The van der Waals surface area contributed by atoms with E-state index in [0.717, 1.165) is 37.2 Å². The maximum absolute atomic E-state index is 11.8. The van der Waals surface area contributed by atoms with Crippen LogP contribution in [-0.2, 0) is 11.8 Å². The Labute approximate surface area is 189 Å². The molecule has 6 nitrogen and oxygen atoms in total. The van der Waals surface area contributed by atoms with E-state index in [1.165, 1.54) is 22.9 Å². The van der Waals surface area contributed by atoms with Gasteiger partial charge in [-0.25, -0.2) is 4.79 Å². The number of hydrogen-bond acceptors (Lipinski definition) is 4. The molecule has 0 aliphatic carbocycles. The van der Waals surface area contributed by atoms with E-state index in [0.29, 0.717) is 31.0 Å². The fourth-order valence-electron chi connectivity index (χ4n) is 5.42. The van der Waals surface area contributed by atoms with E-state index in [-0.39, 0.29) is 6.09 Å². The summed E-state index contributed by atoms with van der Waals surface area (Å²) in [7, 11) is 2.07. The molecule has 168 valence electrons. The summed E-state index contributed by atoms with van der Waals surface area (Å²) < 4.78 is 7.56. The summed E-state index contributed by atoms with van der Waals surface area (Å²) in [5.74, 6) is 1.08. The molecule has 0 radical (unpaired) electrons. The van der Waals surface area contributed by atoms with Gasteiger partial charge in [-0.3, -0.25) is 9.58 Å². The Morgan fingerprint density at radius 2 is 2.03 bits per heavy atom. The molecule has 6 rings (SSSR count). The fourth-order valence-corrected chi connectivity index (χ4v) is 5.42. The number of nitrogens with zero attached hydrogens (tertiary/aromatic N) is 3. The molecular weight excluding hydrogens is 400 g/mol. The van der Waals surface area contributed by atoms with Crippen molar-refractivity contribution in [2.75, 3.05) is 26.2 Å². The number of carbonyl (C=O) groups is 1. The van der Waals surface area contributed by atoms with Gasteiger partial charge in [-0.15, -0.1) is 0 Å². The number of benzene rings is 2. The minimum Gasteiger partial charge on any atom is -0.448 e. The number of nitrogens with one attached hydrogen (secondary N) is 1. The van der Waals surface area contributed by atoms with Gasteiger partial charge in [0.1, 0.15) is 6.61 Å². The van der Waals surface area contributed by atoms with Crippen molar-refractivity contribution in [1.29, 1.82) is 0 Å². The Morgan fingerprint density at radius 3 is 2.81 bits per heavy atom. The summed E-state index contributed by atoms with van der Waals surface area (Å²) >= 11 is 0. The lowest BCUT2D eigenvalue weighted by atomic mass is 9.74. The molecule has 1 aromatic heterocycles. The Kier molecular flexibility index (Phi) is 5.87. The van der Waals surface area contributed by atoms with E-state index >= 15 is 0 Å². The van der Waals surface area contributed by atoms with Gasteiger partial charge in [-0.2, -0.15) is 5.10 Å². The van der Waals surface area contributed by atoms with Crippen molar-refractivity contribution in [3.63, 3.8) is 0 Å². The van der Waals surface area contributed by atoms with Crippen LogP contribution in [0.5, 0.6) is 0 Å². The quantitative estimate of drug-likeness (QED) is 0.621. The van der Waals surface area contributed by atoms with E-state index in [4.69, 9.17) is 9.84 Å². The predicted octanol–water partition coefficient (Wildman–Crippen LogP) is 4.55. The smallest absolute Gasteiger partial charge is 0.407 e. The molecule has 2 aromatic carbocycles. The molecule has 6 heteroatoms. The van der Waals surface area contributed by atoms with E-state index in [1.807, 2.05) is 6.92 Å². The third-order valence-corrected chi connectivity index (χ3v) is 7.15. The van der Waals surface area contributed by atoms with Crippen LogP contribution in [0.3, 0.4) is 0 Å². The summed E-state index contributed by atoms with van der Waals surface area (Å²) in [6.45, 7) is 5.27. The van der Waals surface area contributed by atoms with E-state index in [2.05, 4.69) is 70.5 Å². The van der Waals surface area contributed by atoms with Crippen molar-refractivity contribution in [2.24, 2.45) is 13.0 Å². The van der Waals surface area contributed by atoms with E-state index in [9.17, 15) is 4.79 Å². The van der Waals surface area contributed by atoms with Gasteiger partial charge in [0.2, 0.25) is 0 Å². The monoisotopic (exact) mass is 432 g/mol. The van der Waals surface area contributed by atoms with Crippen molar-refractivity contribution >= 4 is 16.9 Å². The molecule has 3 saturated heterocycles. The molecule has 1 N–H and O–H groups in total. The Morgan fingerprint density at radius 1 is 1.19 bits per heavy atom. The zero-order valence-corrected chi connectivity index (χ0v) is 19.0. The highest BCUT2D eigenvalue weighted by Gasteiger charge is 2.42. The van der Waals surface area contributed by atoms with Crippen molar-refractivity contribution < 1.29 is 9.53 Å². The number of alkyl carbamates (subject to hydrolysis) is 1. The molecule has 0 saturated carbocycles. The first-order valence-corrected chi connectivity index (χ1v) is 11.8. The number of ether oxygens (including phenoxy) is 1. The molecule has 3 aliphatic heterocycles. The standard InChI is InChI=1S/C26H32N4O2/c1-3-11-27-26(31)32-17-22-14-20-10-12-30(22)16-23(20)25-15-24(28-29(25)2)21-9-8-18-6-4-5-7-19(18)13-21/h4-9,13,15,20,22-23H,3,10-12,14,16-17H2,1-2H3,(H,27,31)/t20-,22-,23+/m1/s1. The number of rotatable bonds is 6. The Balaban J connectivity index is 1.29. The first-order chi connectivity index (χ1) is 15.6. The number of hydrogen-bond donors (Lipinski definition) is 1. The molecule has 3 fully saturated rings. The van der Waals surface area contributed by atoms with Crippen LogP contribution in [0.15, 0.2) is 48.5 Å². The van der Waals surface area contributed by atoms with Gasteiger partial charge < -0.3 is 10.1 Å². The molecule has 1 amide bonds. The van der Waals surface area contributed by atoms with E-state index in [1.54, 1.807) is 0 Å². The average Bonchev–Trinajstić information content (AvgIpc) is 3.22. The molecule has 1 unspecified atom stereocenters. The zero-order valence-electron chi connectivity index (χ0n) is 19.0. The van der Waals surface area contributed by atoms with Gasteiger partial charge in [0.05, 0.1) is 5.69 Å². The third-order valence-electron chi connectivity index (χ3n) is 7.15. The molecule has 3 aromatic rings. The van der Waals surface area contributed by atoms with Crippen LogP contribution in [0, 0.1) is 5.92 Å². The lowest BCUT2D eigenvalue weighted by Gasteiger charge is -2.49. The summed E-state index contributed by atoms with van der Waals surface area (Å²) in [4.78, 5) is 14.3. The van der Waals surface area contributed by atoms with Crippen LogP contribution >= 0.6 is 0 Å². The minimum atomic E-state index is -0.294. The van der Waals surface area contributed by atoms with Gasteiger partial charge in [-0.1, -0.05) is 43.3 Å². The van der Waals surface area contributed by atoms with Crippen molar-refractivity contribution in [3.8, 4) is 11.3 Å². The maximum Gasteiger partial charge on any atom is 0.407 e. The van der Waals surface area contributed by atoms with Crippen LogP contribution in [0.25, 0.3) is 22.0 Å². The zero-order chi connectivity index (χ0) is 22.1. The molecule has 3 aliphatic rings. The van der Waals surface area contributed by atoms with Crippen LogP contribution in [0.4, 0.5) is 4.79 Å². The van der Waals surface area contributed by atoms with Crippen LogP contribution in [0.2, 0.25) is 0 Å². The number of fused-ring (bicyclic) bond motifs is 4. The van der Waals surface area contributed by atoms with Crippen LogP contribution in [-0.4, -0.2) is 53.1 Å². The molecular formula is C26H32N4O2. The maximum atomic E-state index is 11.8. The van der Waals surface area contributed by atoms with E-state index < -0.39 is 0 Å². The fraction of sp³-hybridized carbons (Fsp3) is 0.462. The number of aryl methyl sites for hydroxylation is 1. The first kappa shape index (κ1) is 21.0. The molecule has 4 heterocycles. The van der Waals surface area contributed by atoms with Gasteiger partial charge in [0, 0.05) is 43.4 Å². The summed E-state index contributed by atoms with van der Waals surface area (Å²) in [5, 5.41) is 10.2. The lowest BCUT2D eigenvalue weighted by Crippen LogP contribution is -2.54. The normalized spacial score (nSPS) is 24.6. The molecule has 4 atom stereocenters. The van der Waals surface area contributed by atoms with Crippen LogP contribution < -0.4 is 5.32 Å². The highest BCUT2D eigenvalue weighted by atomic mass is 16.5.